The van der Waals surface area contributed by atoms with Crippen molar-refractivity contribution in [3.8, 4) is 0 Å². The molecule has 0 spiro atoms. The number of carbonyl (C=O) groups excluding carboxylic acids is 1. The number of hydrogen-bond acceptors (Lipinski definition) is 3. The SMILES string of the molecule is C[C@@H](NC(=O)Cc1ccc(N(C)S(=O)(=O)c2ccc(Cl)cc2)cc1)c1ccc(F)cc1. The number of hydrogen-bond donors (Lipinski definition) is 1. The molecule has 3 aromatic carbocycles. The third kappa shape index (κ3) is 5.62. The maximum atomic E-state index is 13.0. The van der Waals surface area contributed by atoms with Crippen molar-refractivity contribution in [3.05, 3.63) is 94.8 Å². The van der Waals surface area contributed by atoms with Crippen LogP contribution in [0.3, 0.4) is 0 Å². The Morgan fingerprint density at radius 1 is 1.00 bits per heavy atom. The minimum Gasteiger partial charge on any atom is -0.349 e. The number of benzene rings is 3. The van der Waals surface area contributed by atoms with E-state index in [1.54, 1.807) is 36.4 Å². The lowest BCUT2D eigenvalue weighted by Crippen LogP contribution is -2.28. The monoisotopic (exact) mass is 460 g/mol. The molecular weight excluding hydrogens is 439 g/mol. The standard InChI is InChI=1S/C23H22ClFN2O3S/c1-16(18-5-9-20(25)10-6-18)26-23(28)15-17-3-11-21(12-4-17)27(2)31(29,30)22-13-7-19(24)8-14-22/h3-14,16H,15H2,1-2H3,(H,26,28)/t16-/m1/s1. The molecule has 0 aliphatic rings. The number of nitrogens with one attached hydrogen (secondary N) is 1. The molecule has 1 atom stereocenters. The molecule has 31 heavy (non-hydrogen) atoms. The van der Waals surface area contributed by atoms with Gasteiger partial charge in [0.1, 0.15) is 5.82 Å². The van der Waals surface area contributed by atoms with E-state index in [4.69, 9.17) is 11.6 Å². The van der Waals surface area contributed by atoms with Gasteiger partial charge < -0.3 is 5.32 Å². The Kier molecular flexibility index (Phi) is 6.97. The fraction of sp³-hybridized carbons (Fsp3) is 0.174. The molecule has 1 amide bonds. The summed E-state index contributed by atoms with van der Waals surface area (Å²) in [5.74, 6) is -0.517. The fourth-order valence-electron chi connectivity index (χ4n) is 3.04. The average molecular weight is 461 g/mol. The Hall–Kier alpha value is -2.90. The molecule has 0 saturated heterocycles. The molecule has 8 heteroatoms. The quantitative estimate of drug-likeness (QED) is 0.554. The third-order valence-electron chi connectivity index (χ3n) is 4.88. The maximum absolute atomic E-state index is 13.0. The number of nitrogens with zero attached hydrogens (tertiary/aromatic N) is 1. The Morgan fingerprint density at radius 3 is 2.16 bits per heavy atom. The van der Waals surface area contributed by atoms with Crippen molar-refractivity contribution >= 4 is 33.2 Å². The molecule has 0 fully saturated rings. The van der Waals surface area contributed by atoms with E-state index < -0.39 is 10.0 Å². The van der Waals surface area contributed by atoms with Crippen LogP contribution >= 0.6 is 11.6 Å². The van der Waals surface area contributed by atoms with Crippen molar-refractivity contribution in [2.24, 2.45) is 0 Å². The van der Waals surface area contributed by atoms with E-state index in [0.29, 0.717) is 10.7 Å². The number of halogens is 2. The highest BCUT2D eigenvalue weighted by molar-refractivity contribution is 7.92. The molecule has 1 N–H and O–H groups in total. The van der Waals surface area contributed by atoms with Gasteiger partial charge in [-0.1, -0.05) is 35.9 Å². The Bertz CT molecular complexity index is 1150. The molecule has 0 heterocycles. The minimum atomic E-state index is -3.73. The summed E-state index contributed by atoms with van der Waals surface area (Å²) in [5.41, 5.74) is 2.02. The van der Waals surface area contributed by atoms with Gasteiger partial charge in [-0.2, -0.15) is 0 Å². The highest BCUT2D eigenvalue weighted by Crippen LogP contribution is 2.24. The summed E-state index contributed by atoms with van der Waals surface area (Å²) in [7, 11) is -2.26. The minimum absolute atomic E-state index is 0.137. The van der Waals surface area contributed by atoms with Gasteiger partial charge in [0.05, 0.1) is 23.0 Å². The van der Waals surface area contributed by atoms with Gasteiger partial charge in [-0.15, -0.1) is 0 Å². The number of anilines is 1. The molecule has 3 rings (SSSR count). The van der Waals surface area contributed by atoms with Crippen LogP contribution in [0.15, 0.2) is 77.7 Å². The molecule has 5 nitrogen and oxygen atoms in total. The number of rotatable bonds is 7. The highest BCUT2D eigenvalue weighted by Gasteiger charge is 2.21. The number of carbonyl (C=O) groups is 1. The molecule has 0 bridgehead atoms. The average Bonchev–Trinajstić information content (AvgIpc) is 2.74. The lowest BCUT2D eigenvalue weighted by Gasteiger charge is -2.20. The zero-order valence-corrected chi connectivity index (χ0v) is 18.6. The zero-order valence-electron chi connectivity index (χ0n) is 17.0. The van der Waals surface area contributed by atoms with Crippen LogP contribution < -0.4 is 9.62 Å². The molecule has 0 radical (unpaired) electrons. The molecule has 0 unspecified atom stereocenters. The van der Waals surface area contributed by atoms with E-state index in [2.05, 4.69) is 5.32 Å². The molecule has 0 aliphatic carbocycles. The van der Waals surface area contributed by atoms with Gasteiger partial charge >= 0.3 is 0 Å². The summed E-state index contributed by atoms with van der Waals surface area (Å²) in [6.07, 6.45) is 0.138. The van der Waals surface area contributed by atoms with Crippen LogP contribution in [0.2, 0.25) is 5.02 Å². The van der Waals surface area contributed by atoms with Gasteiger partial charge in [0.15, 0.2) is 0 Å². The smallest absolute Gasteiger partial charge is 0.264 e. The molecule has 0 aliphatic heterocycles. The summed E-state index contributed by atoms with van der Waals surface area (Å²) in [5, 5.41) is 3.33. The molecule has 3 aromatic rings. The van der Waals surface area contributed by atoms with Gasteiger partial charge in [0.2, 0.25) is 5.91 Å². The maximum Gasteiger partial charge on any atom is 0.264 e. The normalized spacial score (nSPS) is 12.3. The lowest BCUT2D eigenvalue weighted by atomic mass is 10.1. The van der Waals surface area contributed by atoms with Crippen LogP contribution in [0, 0.1) is 5.82 Å². The molecule has 0 aromatic heterocycles. The summed E-state index contributed by atoms with van der Waals surface area (Å²) in [6, 6.07) is 18.4. The van der Waals surface area contributed by atoms with Crippen molar-refractivity contribution < 1.29 is 17.6 Å². The van der Waals surface area contributed by atoms with Crippen molar-refractivity contribution in [2.45, 2.75) is 24.3 Å². The second-order valence-corrected chi connectivity index (χ2v) is 9.52. The second kappa shape index (κ2) is 9.49. The third-order valence-corrected chi connectivity index (χ3v) is 6.94. The first kappa shape index (κ1) is 22.8. The first-order chi connectivity index (χ1) is 14.7. The van der Waals surface area contributed by atoms with E-state index in [1.165, 1.54) is 47.8 Å². The highest BCUT2D eigenvalue weighted by atomic mass is 35.5. The lowest BCUT2D eigenvalue weighted by molar-refractivity contribution is -0.121. The predicted molar refractivity (Wildman–Crippen MR) is 120 cm³/mol. The van der Waals surface area contributed by atoms with E-state index in [0.717, 1.165) is 11.1 Å². The largest absolute Gasteiger partial charge is 0.349 e. The van der Waals surface area contributed by atoms with Crippen molar-refractivity contribution in [1.29, 1.82) is 0 Å². The van der Waals surface area contributed by atoms with Crippen molar-refractivity contribution in [2.75, 3.05) is 11.4 Å². The van der Waals surface area contributed by atoms with E-state index >= 15 is 0 Å². The zero-order chi connectivity index (χ0) is 22.6. The Morgan fingerprint density at radius 2 is 1.58 bits per heavy atom. The number of amides is 1. The molecule has 0 saturated carbocycles. The van der Waals surface area contributed by atoms with E-state index in [1.807, 2.05) is 6.92 Å². The van der Waals surface area contributed by atoms with Crippen LogP contribution in [0.1, 0.15) is 24.1 Å². The van der Waals surface area contributed by atoms with Crippen LogP contribution in [0.4, 0.5) is 10.1 Å². The molecule has 162 valence electrons. The van der Waals surface area contributed by atoms with Gasteiger partial charge in [-0.05, 0) is 66.6 Å². The topological polar surface area (TPSA) is 66.5 Å². The van der Waals surface area contributed by atoms with E-state index in [-0.39, 0.29) is 29.1 Å². The summed E-state index contributed by atoms with van der Waals surface area (Å²) < 4.78 is 39.8. The second-order valence-electron chi connectivity index (χ2n) is 7.11. The number of sulfonamides is 1. The Labute approximate surface area is 186 Å². The van der Waals surface area contributed by atoms with Crippen molar-refractivity contribution in [3.63, 3.8) is 0 Å². The van der Waals surface area contributed by atoms with Gasteiger partial charge in [-0.25, -0.2) is 12.8 Å². The molecular formula is C23H22ClFN2O3S. The van der Waals surface area contributed by atoms with Gasteiger partial charge in [-0.3, -0.25) is 9.10 Å². The van der Waals surface area contributed by atoms with Crippen LogP contribution in [0.25, 0.3) is 0 Å². The van der Waals surface area contributed by atoms with E-state index in [9.17, 15) is 17.6 Å². The summed E-state index contributed by atoms with van der Waals surface area (Å²) >= 11 is 5.83. The Balaban J connectivity index is 1.64. The fourth-order valence-corrected chi connectivity index (χ4v) is 4.36. The summed E-state index contributed by atoms with van der Waals surface area (Å²) in [4.78, 5) is 12.5. The first-order valence-electron chi connectivity index (χ1n) is 9.55. The van der Waals surface area contributed by atoms with Crippen LogP contribution in [-0.2, 0) is 21.2 Å². The van der Waals surface area contributed by atoms with Crippen LogP contribution in [0.5, 0.6) is 0 Å². The predicted octanol–water partition coefficient (Wildman–Crippen LogP) is 4.72. The van der Waals surface area contributed by atoms with Crippen molar-refractivity contribution in [1.82, 2.24) is 5.32 Å². The van der Waals surface area contributed by atoms with Crippen LogP contribution in [-0.4, -0.2) is 21.4 Å². The first-order valence-corrected chi connectivity index (χ1v) is 11.4. The summed E-state index contributed by atoms with van der Waals surface area (Å²) in [6.45, 7) is 1.82. The van der Waals surface area contributed by atoms with Gasteiger partial charge in [0.25, 0.3) is 10.0 Å². The van der Waals surface area contributed by atoms with Gasteiger partial charge in [0, 0.05) is 12.1 Å².